The lowest BCUT2D eigenvalue weighted by atomic mass is 10.00. The number of halogens is 2. The van der Waals surface area contributed by atoms with E-state index in [-0.39, 0.29) is 23.8 Å². The van der Waals surface area contributed by atoms with Crippen LogP contribution in [0.3, 0.4) is 0 Å². The second-order valence-corrected chi connectivity index (χ2v) is 7.16. The fraction of sp³-hybridized carbons (Fsp3) is 0.400. The first kappa shape index (κ1) is 19.7. The van der Waals surface area contributed by atoms with Gasteiger partial charge in [0, 0.05) is 17.6 Å². The van der Waals surface area contributed by atoms with Crippen molar-refractivity contribution < 1.29 is 18.7 Å². The minimum absolute atomic E-state index is 0.0553. The standard InChI is InChI=1S/C20H20ClFN4O3/c1-3-28-19(27)18-16(22)17(24-20(21)25-18)15-11(2)7-8-13-12(15)10-23-26(13)14-6-4-5-9-29-14/h7-8,10,14H,3-6,9H2,1-2H3. The van der Waals surface area contributed by atoms with Crippen molar-refractivity contribution in [3.05, 3.63) is 40.7 Å². The Morgan fingerprint density at radius 2 is 2.21 bits per heavy atom. The molecule has 0 saturated carbocycles. The van der Waals surface area contributed by atoms with E-state index in [2.05, 4.69) is 15.1 Å². The Bertz CT molecular complexity index is 1080. The van der Waals surface area contributed by atoms with Gasteiger partial charge >= 0.3 is 5.97 Å². The summed E-state index contributed by atoms with van der Waals surface area (Å²) in [4.78, 5) is 19.9. The van der Waals surface area contributed by atoms with Gasteiger partial charge in [-0.25, -0.2) is 23.8 Å². The van der Waals surface area contributed by atoms with Crippen molar-refractivity contribution in [2.75, 3.05) is 13.2 Å². The highest BCUT2D eigenvalue weighted by Gasteiger charge is 2.26. The van der Waals surface area contributed by atoms with Crippen molar-refractivity contribution in [3.8, 4) is 11.3 Å². The van der Waals surface area contributed by atoms with Gasteiger partial charge < -0.3 is 9.47 Å². The van der Waals surface area contributed by atoms with Gasteiger partial charge in [0.15, 0.2) is 17.7 Å². The van der Waals surface area contributed by atoms with Crippen LogP contribution in [0, 0.1) is 12.7 Å². The van der Waals surface area contributed by atoms with Gasteiger partial charge in [-0.3, -0.25) is 0 Å². The van der Waals surface area contributed by atoms with E-state index in [9.17, 15) is 4.79 Å². The van der Waals surface area contributed by atoms with Crippen LogP contribution in [0.2, 0.25) is 5.28 Å². The van der Waals surface area contributed by atoms with Gasteiger partial charge in [0.1, 0.15) is 5.69 Å². The topological polar surface area (TPSA) is 79.1 Å². The predicted octanol–water partition coefficient (Wildman–Crippen LogP) is 4.47. The van der Waals surface area contributed by atoms with Crippen LogP contribution in [0.1, 0.15) is 48.5 Å². The molecule has 0 bridgehead atoms. The molecule has 1 aliphatic rings. The first-order chi connectivity index (χ1) is 14.0. The van der Waals surface area contributed by atoms with Crippen LogP contribution < -0.4 is 0 Å². The van der Waals surface area contributed by atoms with E-state index in [4.69, 9.17) is 21.1 Å². The highest BCUT2D eigenvalue weighted by atomic mass is 35.5. The smallest absolute Gasteiger partial charge is 0.360 e. The molecule has 9 heteroatoms. The summed E-state index contributed by atoms with van der Waals surface area (Å²) in [6, 6.07) is 3.78. The molecule has 0 N–H and O–H groups in total. The van der Waals surface area contributed by atoms with E-state index >= 15 is 4.39 Å². The number of nitrogens with zero attached hydrogens (tertiary/aromatic N) is 4. The van der Waals surface area contributed by atoms with E-state index in [0.717, 1.165) is 30.3 Å². The number of ether oxygens (including phenoxy) is 2. The summed E-state index contributed by atoms with van der Waals surface area (Å²) >= 11 is 6.01. The van der Waals surface area contributed by atoms with Crippen molar-refractivity contribution in [2.45, 2.75) is 39.3 Å². The number of hydrogen-bond donors (Lipinski definition) is 0. The molecule has 1 fully saturated rings. The number of esters is 1. The fourth-order valence-corrected chi connectivity index (χ4v) is 3.78. The Hall–Kier alpha value is -2.58. The Labute approximate surface area is 171 Å². The largest absolute Gasteiger partial charge is 0.461 e. The summed E-state index contributed by atoms with van der Waals surface area (Å²) in [5.41, 5.74) is 1.54. The van der Waals surface area contributed by atoms with Crippen LogP contribution in [0.5, 0.6) is 0 Å². The maximum absolute atomic E-state index is 15.2. The highest BCUT2D eigenvalue weighted by Crippen LogP contribution is 2.35. The molecule has 1 atom stereocenters. The Morgan fingerprint density at radius 1 is 1.38 bits per heavy atom. The third-order valence-corrected chi connectivity index (χ3v) is 5.12. The number of carbonyl (C=O) groups is 1. The van der Waals surface area contributed by atoms with Crippen LogP contribution in [0.4, 0.5) is 4.39 Å². The van der Waals surface area contributed by atoms with Gasteiger partial charge in [-0.05, 0) is 56.3 Å². The predicted molar refractivity (Wildman–Crippen MR) is 105 cm³/mol. The van der Waals surface area contributed by atoms with Crippen molar-refractivity contribution in [2.24, 2.45) is 0 Å². The molecule has 3 aromatic rings. The number of hydrogen-bond acceptors (Lipinski definition) is 6. The molecule has 152 valence electrons. The molecule has 7 nitrogen and oxygen atoms in total. The Kier molecular flexibility index (Phi) is 5.47. The molecular formula is C20H20ClFN4O3. The summed E-state index contributed by atoms with van der Waals surface area (Å²) in [5, 5.41) is 4.95. The number of fused-ring (bicyclic) bond motifs is 1. The number of rotatable bonds is 4. The average Bonchev–Trinajstić information content (AvgIpc) is 3.14. The molecule has 1 aromatic carbocycles. The summed E-state index contributed by atoms with van der Waals surface area (Å²) in [6.07, 6.45) is 4.45. The summed E-state index contributed by atoms with van der Waals surface area (Å²) < 4.78 is 27.8. The Morgan fingerprint density at radius 3 is 2.93 bits per heavy atom. The molecule has 0 aliphatic carbocycles. The molecule has 0 radical (unpaired) electrons. The molecule has 2 aromatic heterocycles. The van der Waals surface area contributed by atoms with Crippen molar-refractivity contribution in [3.63, 3.8) is 0 Å². The first-order valence-corrected chi connectivity index (χ1v) is 9.88. The third kappa shape index (κ3) is 3.58. The van der Waals surface area contributed by atoms with Gasteiger partial charge in [-0.2, -0.15) is 5.10 Å². The van der Waals surface area contributed by atoms with E-state index < -0.39 is 17.5 Å². The number of aromatic nitrogens is 4. The number of benzene rings is 1. The molecule has 4 rings (SSSR count). The molecule has 1 aliphatic heterocycles. The Balaban J connectivity index is 1.89. The minimum Gasteiger partial charge on any atom is -0.461 e. The molecule has 0 amide bonds. The third-order valence-electron chi connectivity index (χ3n) is 4.95. The number of aryl methyl sites for hydroxylation is 1. The summed E-state index contributed by atoms with van der Waals surface area (Å²) in [5.74, 6) is -1.75. The maximum Gasteiger partial charge on any atom is 0.360 e. The normalized spacial score (nSPS) is 16.9. The quantitative estimate of drug-likeness (QED) is 0.459. The monoisotopic (exact) mass is 418 g/mol. The van der Waals surface area contributed by atoms with Crippen LogP contribution in [-0.4, -0.2) is 38.9 Å². The van der Waals surface area contributed by atoms with Crippen LogP contribution in [-0.2, 0) is 9.47 Å². The lowest BCUT2D eigenvalue weighted by Crippen LogP contribution is -2.18. The van der Waals surface area contributed by atoms with E-state index in [1.54, 1.807) is 13.1 Å². The second-order valence-electron chi connectivity index (χ2n) is 6.82. The van der Waals surface area contributed by atoms with Crippen LogP contribution >= 0.6 is 11.6 Å². The van der Waals surface area contributed by atoms with Crippen molar-refractivity contribution in [1.29, 1.82) is 0 Å². The summed E-state index contributed by atoms with van der Waals surface area (Å²) in [7, 11) is 0. The minimum atomic E-state index is -0.883. The van der Waals surface area contributed by atoms with Crippen molar-refractivity contribution in [1.82, 2.24) is 19.7 Å². The zero-order valence-corrected chi connectivity index (χ0v) is 16.9. The molecule has 29 heavy (non-hydrogen) atoms. The zero-order chi connectivity index (χ0) is 20.5. The first-order valence-electron chi connectivity index (χ1n) is 9.50. The lowest BCUT2D eigenvalue weighted by molar-refractivity contribution is -0.0366. The molecule has 0 spiro atoms. The SMILES string of the molecule is CCOC(=O)c1nc(Cl)nc(-c2c(C)ccc3c2cnn3C2CCCCO2)c1F. The fourth-order valence-electron chi connectivity index (χ4n) is 3.61. The van der Waals surface area contributed by atoms with Crippen LogP contribution in [0.25, 0.3) is 22.2 Å². The van der Waals surface area contributed by atoms with E-state index in [0.29, 0.717) is 17.6 Å². The van der Waals surface area contributed by atoms with Crippen molar-refractivity contribution >= 4 is 28.5 Å². The molecule has 3 heterocycles. The van der Waals surface area contributed by atoms with Gasteiger partial charge in [0.2, 0.25) is 5.28 Å². The molecule has 1 saturated heterocycles. The summed E-state index contributed by atoms with van der Waals surface area (Å²) in [6.45, 7) is 4.25. The van der Waals surface area contributed by atoms with Gasteiger partial charge in [-0.1, -0.05) is 6.07 Å². The number of carbonyl (C=O) groups excluding carboxylic acids is 1. The van der Waals surface area contributed by atoms with E-state index in [1.807, 2.05) is 23.7 Å². The van der Waals surface area contributed by atoms with Crippen LogP contribution in [0.15, 0.2) is 18.3 Å². The second kappa shape index (κ2) is 8.04. The molecule has 1 unspecified atom stereocenters. The zero-order valence-electron chi connectivity index (χ0n) is 16.1. The van der Waals surface area contributed by atoms with Gasteiger partial charge in [0.05, 0.1) is 18.3 Å². The lowest BCUT2D eigenvalue weighted by Gasteiger charge is -2.23. The van der Waals surface area contributed by atoms with E-state index in [1.165, 1.54) is 0 Å². The maximum atomic E-state index is 15.2. The molecular weight excluding hydrogens is 399 g/mol. The highest BCUT2D eigenvalue weighted by molar-refractivity contribution is 6.28. The average molecular weight is 419 g/mol. The van der Waals surface area contributed by atoms with Gasteiger partial charge in [0.25, 0.3) is 0 Å². The van der Waals surface area contributed by atoms with Gasteiger partial charge in [-0.15, -0.1) is 0 Å².